The molecule has 36 heavy (non-hydrogen) atoms. The van der Waals surface area contributed by atoms with E-state index < -0.39 is 0 Å². The lowest BCUT2D eigenvalue weighted by Gasteiger charge is -2.26. The third kappa shape index (κ3) is 7.15. The molecule has 4 rings (SSSR count). The highest BCUT2D eigenvalue weighted by molar-refractivity contribution is 9.10. The fourth-order valence-electron chi connectivity index (χ4n) is 4.04. The van der Waals surface area contributed by atoms with Gasteiger partial charge in [-0.05, 0) is 79.5 Å². The number of rotatable bonds is 7. The molecular weight excluding hydrogens is 538 g/mol. The lowest BCUT2D eigenvalue weighted by atomic mass is 10.1. The van der Waals surface area contributed by atoms with Crippen molar-refractivity contribution in [2.24, 2.45) is 0 Å². The van der Waals surface area contributed by atoms with Crippen LogP contribution in [0.2, 0.25) is 0 Å². The number of ether oxygens (including phenoxy) is 1. The van der Waals surface area contributed by atoms with Crippen molar-refractivity contribution in [1.82, 2.24) is 10.2 Å². The van der Waals surface area contributed by atoms with Gasteiger partial charge in [-0.2, -0.15) is 0 Å². The van der Waals surface area contributed by atoms with Crippen LogP contribution in [0, 0.1) is 0 Å². The van der Waals surface area contributed by atoms with Gasteiger partial charge in [-0.3, -0.25) is 14.9 Å². The molecule has 1 aliphatic rings. The van der Waals surface area contributed by atoms with Gasteiger partial charge in [0.25, 0.3) is 11.8 Å². The molecule has 186 valence electrons. The molecule has 1 heterocycles. The summed E-state index contributed by atoms with van der Waals surface area (Å²) in [5, 5.41) is 5.88. The van der Waals surface area contributed by atoms with E-state index >= 15 is 0 Å². The zero-order valence-corrected chi connectivity index (χ0v) is 22.2. The Morgan fingerprint density at radius 2 is 1.67 bits per heavy atom. The van der Waals surface area contributed by atoms with Gasteiger partial charge < -0.3 is 15.0 Å². The van der Waals surface area contributed by atoms with Gasteiger partial charge in [-0.15, -0.1) is 0 Å². The molecule has 3 aromatic carbocycles. The van der Waals surface area contributed by atoms with Crippen molar-refractivity contribution in [2.45, 2.75) is 25.7 Å². The van der Waals surface area contributed by atoms with Crippen LogP contribution in [0.15, 0.2) is 77.3 Å². The average Bonchev–Trinajstić information content (AvgIpc) is 2.90. The molecule has 2 amide bonds. The summed E-state index contributed by atoms with van der Waals surface area (Å²) in [6, 6.07) is 22.4. The molecular formula is C28H28BrN3O3S. The van der Waals surface area contributed by atoms with Crippen LogP contribution in [-0.2, 0) is 6.42 Å². The number of anilines is 1. The summed E-state index contributed by atoms with van der Waals surface area (Å²) in [6.07, 6.45) is 4.01. The summed E-state index contributed by atoms with van der Waals surface area (Å²) in [5.74, 6) is 0.155. The molecule has 0 bridgehead atoms. The number of likely N-dealkylation sites (tertiary alicyclic amines) is 1. The Kier molecular flexibility index (Phi) is 9.08. The molecule has 0 spiro atoms. The number of halogens is 1. The monoisotopic (exact) mass is 565 g/mol. The molecule has 1 fully saturated rings. The second-order valence-corrected chi connectivity index (χ2v) is 9.89. The van der Waals surface area contributed by atoms with E-state index in [1.54, 1.807) is 36.4 Å². The van der Waals surface area contributed by atoms with Crippen molar-refractivity contribution in [3.05, 3.63) is 94.0 Å². The average molecular weight is 567 g/mol. The SMILES string of the molecule is O=C(NC(=S)Nc1ccc(C(=O)N2CCCCC2)cc1)c1cc(Br)ccc1OCCc1ccccc1. The topological polar surface area (TPSA) is 70.7 Å². The number of carbonyl (C=O) groups is 2. The van der Waals surface area contributed by atoms with E-state index in [2.05, 4.69) is 26.6 Å². The highest BCUT2D eigenvalue weighted by atomic mass is 79.9. The Labute approximate surface area is 225 Å². The smallest absolute Gasteiger partial charge is 0.261 e. The number of nitrogens with zero attached hydrogens (tertiary/aromatic N) is 1. The van der Waals surface area contributed by atoms with Crippen LogP contribution < -0.4 is 15.4 Å². The van der Waals surface area contributed by atoms with E-state index in [1.807, 2.05) is 41.3 Å². The standard InChI is InChI=1S/C28H28BrN3O3S/c29-22-11-14-25(35-18-15-20-7-3-1-4-8-20)24(19-22)26(33)31-28(36)30-23-12-9-21(10-13-23)27(34)32-16-5-2-6-17-32/h1,3-4,7-14,19H,2,5-6,15-18H2,(H2,30,31,33,36). The first kappa shape index (κ1) is 25.9. The molecule has 0 aliphatic carbocycles. The quantitative estimate of drug-likeness (QED) is 0.353. The van der Waals surface area contributed by atoms with E-state index in [-0.39, 0.29) is 16.9 Å². The minimum Gasteiger partial charge on any atom is -0.492 e. The van der Waals surface area contributed by atoms with Gasteiger partial charge in [0.05, 0.1) is 12.2 Å². The molecule has 2 N–H and O–H groups in total. The zero-order valence-electron chi connectivity index (χ0n) is 19.8. The van der Waals surface area contributed by atoms with Crippen LogP contribution in [0.1, 0.15) is 45.5 Å². The number of nitrogens with one attached hydrogen (secondary N) is 2. The van der Waals surface area contributed by atoms with E-state index in [9.17, 15) is 9.59 Å². The molecule has 0 radical (unpaired) electrons. The Bertz CT molecular complexity index is 1210. The molecule has 0 unspecified atom stereocenters. The molecule has 1 saturated heterocycles. The lowest BCUT2D eigenvalue weighted by Crippen LogP contribution is -2.35. The van der Waals surface area contributed by atoms with Crippen molar-refractivity contribution in [3.63, 3.8) is 0 Å². The van der Waals surface area contributed by atoms with Crippen LogP contribution in [-0.4, -0.2) is 41.5 Å². The molecule has 0 saturated carbocycles. The number of carbonyl (C=O) groups excluding carboxylic acids is 2. The third-order valence-corrected chi connectivity index (χ3v) is 6.63. The molecule has 8 heteroatoms. The highest BCUT2D eigenvalue weighted by Crippen LogP contribution is 2.24. The van der Waals surface area contributed by atoms with Crippen LogP contribution in [0.4, 0.5) is 5.69 Å². The van der Waals surface area contributed by atoms with Crippen molar-refractivity contribution in [3.8, 4) is 5.75 Å². The van der Waals surface area contributed by atoms with Gasteiger partial charge in [-0.25, -0.2) is 0 Å². The van der Waals surface area contributed by atoms with Gasteiger partial charge in [0, 0.05) is 35.2 Å². The van der Waals surface area contributed by atoms with Gasteiger partial charge in [0.1, 0.15) is 5.75 Å². The Morgan fingerprint density at radius 1 is 0.944 bits per heavy atom. The van der Waals surface area contributed by atoms with Crippen LogP contribution in [0.25, 0.3) is 0 Å². The number of hydrogen-bond donors (Lipinski definition) is 2. The van der Waals surface area contributed by atoms with Gasteiger partial charge >= 0.3 is 0 Å². The zero-order chi connectivity index (χ0) is 25.3. The maximum atomic E-state index is 13.0. The second kappa shape index (κ2) is 12.6. The summed E-state index contributed by atoms with van der Waals surface area (Å²) in [5.41, 5.74) is 2.87. The van der Waals surface area contributed by atoms with Crippen molar-refractivity contribution in [1.29, 1.82) is 0 Å². The maximum absolute atomic E-state index is 13.0. The van der Waals surface area contributed by atoms with Crippen LogP contribution in [0.5, 0.6) is 5.75 Å². The molecule has 0 atom stereocenters. The van der Waals surface area contributed by atoms with Gasteiger partial charge in [-0.1, -0.05) is 46.3 Å². The summed E-state index contributed by atoms with van der Waals surface area (Å²) < 4.78 is 6.68. The minimum absolute atomic E-state index is 0.0478. The Balaban J connectivity index is 1.33. The molecule has 6 nitrogen and oxygen atoms in total. The van der Waals surface area contributed by atoms with Crippen molar-refractivity contribution in [2.75, 3.05) is 25.0 Å². The maximum Gasteiger partial charge on any atom is 0.261 e. The number of thiocarbonyl (C=S) groups is 1. The van der Waals surface area contributed by atoms with Gasteiger partial charge in [0.15, 0.2) is 5.11 Å². The van der Waals surface area contributed by atoms with Crippen LogP contribution >= 0.6 is 28.1 Å². The van der Waals surface area contributed by atoms with Gasteiger partial charge in [0.2, 0.25) is 0 Å². The predicted octanol–water partition coefficient (Wildman–Crippen LogP) is 5.82. The Hall–Kier alpha value is -3.23. The first-order valence-electron chi connectivity index (χ1n) is 12.0. The number of amides is 2. The van der Waals surface area contributed by atoms with Crippen LogP contribution in [0.3, 0.4) is 0 Å². The molecule has 3 aromatic rings. The fraction of sp³-hybridized carbons (Fsp3) is 0.250. The molecule has 0 aromatic heterocycles. The Morgan fingerprint density at radius 3 is 2.39 bits per heavy atom. The number of piperidine rings is 1. The first-order valence-corrected chi connectivity index (χ1v) is 13.2. The number of benzene rings is 3. The van der Waals surface area contributed by atoms with E-state index in [0.717, 1.165) is 42.4 Å². The first-order chi connectivity index (χ1) is 17.5. The van der Waals surface area contributed by atoms with E-state index in [1.165, 1.54) is 6.42 Å². The lowest BCUT2D eigenvalue weighted by molar-refractivity contribution is 0.0724. The summed E-state index contributed by atoms with van der Waals surface area (Å²) in [4.78, 5) is 27.5. The molecule has 1 aliphatic heterocycles. The van der Waals surface area contributed by atoms with E-state index in [4.69, 9.17) is 17.0 Å². The largest absolute Gasteiger partial charge is 0.492 e. The summed E-state index contributed by atoms with van der Waals surface area (Å²) in [6.45, 7) is 2.06. The summed E-state index contributed by atoms with van der Waals surface area (Å²) in [7, 11) is 0. The second-order valence-electron chi connectivity index (χ2n) is 8.56. The predicted molar refractivity (Wildman–Crippen MR) is 150 cm³/mol. The third-order valence-electron chi connectivity index (χ3n) is 5.94. The minimum atomic E-state index is -0.375. The summed E-state index contributed by atoms with van der Waals surface area (Å²) >= 11 is 8.78. The highest BCUT2D eigenvalue weighted by Gasteiger charge is 2.18. The van der Waals surface area contributed by atoms with Crippen molar-refractivity contribution < 1.29 is 14.3 Å². The van der Waals surface area contributed by atoms with Crippen molar-refractivity contribution >= 4 is 50.8 Å². The van der Waals surface area contributed by atoms with E-state index in [0.29, 0.717) is 29.2 Å². The normalized spacial score (nSPS) is 13.1. The number of hydrogen-bond acceptors (Lipinski definition) is 4. The fourth-order valence-corrected chi connectivity index (χ4v) is 4.61.